The summed E-state index contributed by atoms with van der Waals surface area (Å²) in [5.74, 6) is -0.190. The highest BCUT2D eigenvalue weighted by Crippen LogP contribution is 2.20. The first-order valence-corrected chi connectivity index (χ1v) is 9.67. The van der Waals surface area contributed by atoms with Gasteiger partial charge in [-0.05, 0) is 25.5 Å². The summed E-state index contributed by atoms with van der Waals surface area (Å²) in [4.78, 5) is 36.0. The zero-order valence-electron chi connectivity index (χ0n) is 15.0. The van der Waals surface area contributed by atoms with Gasteiger partial charge in [-0.15, -0.1) is 0 Å². The van der Waals surface area contributed by atoms with Crippen LogP contribution in [0.15, 0.2) is 30.6 Å². The molecule has 4 rings (SSSR count). The molecule has 1 saturated heterocycles. The molecule has 8 nitrogen and oxygen atoms in total. The lowest BCUT2D eigenvalue weighted by molar-refractivity contribution is -0.139. The summed E-state index contributed by atoms with van der Waals surface area (Å²) in [6.45, 7) is 3.15. The third kappa shape index (κ3) is 3.97. The lowest BCUT2D eigenvalue weighted by Gasteiger charge is -2.31. The fraction of sp³-hybridized carbons (Fsp3) is 0.389. The van der Waals surface area contributed by atoms with Crippen LogP contribution in [-0.2, 0) is 22.7 Å². The number of aromatic nitrogens is 4. The van der Waals surface area contributed by atoms with Crippen molar-refractivity contribution < 1.29 is 9.59 Å². The van der Waals surface area contributed by atoms with Crippen LogP contribution in [0, 0.1) is 12.8 Å². The molecule has 0 spiro atoms. The Hall–Kier alpha value is -2.81. The van der Waals surface area contributed by atoms with E-state index in [1.165, 1.54) is 11.3 Å². The highest BCUT2D eigenvalue weighted by molar-refractivity contribution is 7.16. The average Bonchev–Trinajstić information content (AvgIpc) is 3.19. The Morgan fingerprint density at radius 1 is 1.37 bits per heavy atom. The van der Waals surface area contributed by atoms with Gasteiger partial charge in [-0.25, -0.2) is 9.50 Å². The van der Waals surface area contributed by atoms with Crippen LogP contribution >= 0.6 is 11.3 Å². The van der Waals surface area contributed by atoms with Crippen molar-refractivity contribution in [2.75, 3.05) is 6.54 Å². The molecular weight excluding hydrogens is 364 g/mol. The normalized spacial score (nSPS) is 17.4. The van der Waals surface area contributed by atoms with Crippen LogP contribution < -0.4 is 5.32 Å². The van der Waals surface area contributed by atoms with Crippen LogP contribution in [0.4, 0.5) is 0 Å². The van der Waals surface area contributed by atoms with Gasteiger partial charge in [-0.1, -0.05) is 17.4 Å². The number of carbonyl (C=O) groups is 2. The molecule has 2 amide bonds. The van der Waals surface area contributed by atoms with Crippen LogP contribution in [-0.4, -0.2) is 42.8 Å². The number of imidazole rings is 1. The second-order valence-corrected chi connectivity index (χ2v) is 7.79. The number of piperidine rings is 1. The summed E-state index contributed by atoms with van der Waals surface area (Å²) in [5, 5.41) is 8.21. The molecule has 140 valence electrons. The summed E-state index contributed by atoms with van der Waals surface area (Å²) < 4.78 is 1.73. The Labute approximate surface area is 160 Å². The fourth-order valence-corrected chi connectivity index (χ4v) is 3.96. The SMILES string of the molecule is Cc1nn2cc(CNC(=O)C3CCC(=O)N(Cc4ccccn4)C3)nc2s1. The number of nitrogens with zero attached hydrogens (tertiary/aromatic N) is 5. The Balaban J connectivity index is 1.34. The van der Waals surface area contributed by atoms with Gasteiger partial charge in [0.25, 0.3) is 0 Å². The lowest BCUT2D eigenvalue weighted by Crippen LogP contribution is -2.45. The molecule has 0 bridgehead atoms. The average molecular weight is 384 g/mol. The molecule has 3 aromatic heterocycles. The second kappa shape index (κ2) is 7.43. The predicted molar refractivity (Wildman–Crippen MR) is 99.8 cm³/mol. The molecule has 0 aromatic carbocycles. The van der Waals surface area contributed by atoms with E-state index in [0.717, 1.165) is 21.4 Å². The van der Waals surface area contributed by atoms with E-state index >= 15 is 0 Å². The lowest BCUT2D eigenvalue weighted by atomic mass is 9.96. The second-order valence-electron chi connectivity index (χ2n) is 6.63. The smallest absolute Gasteiger partial charge is 0.225 e. The van der Waals surface area contributed by atoms with Gasteiger partial charge in [-0.3, -0.25) is 14.6 Å². The predicted octanol–water partition coefficient (Wildman–Crippen LogP) is 1.55. The Kier molecular flexibility index (Phi) is 4.85. The maximum atomic E-state index is 12.6. The first kappa shape index (κ1) is 17.6. The summed E-state index contributed by atoms with van der Waals surface area (Å²) in [7, 11) is 0. The number of nitrogens with one attached hydrogen (secondary N) is 1. The third-order valence-electron chi connectivity index (χ3n) is 4.59. The number of hydrogen-bond donors (Lipinski definition) is 1. The van der Waals surface area contributed by atoms with E-state index in [9.17, 15) is 9.59 Å². The molecule has 1 atom stereocenters. The minimum atomic E-state index is -0.212. The largest absolute Gasteiger partial charge is 0.350 e. The fourth-order valence-electron chi connectivity index (χ4n) is 3.22. The molecule has 0 aliphatic carbocycles. The number of pyridine rings is 1. The van der Waals surface area contributed by atoms with E-state index in [1.807, 2.05) is 31.3 Å². The van der Waals surface area contributed by atoms with Gasteiger partial charge in [0.15, 0.2) is 0 Å². The summed E-state index contributed by atoms with van der Waals surface area (Å²) in [5.41, 5.74) is 1.60. The van der Waals surface area contributed by atoms with Crippen molar-refractivity contribution in [3.63, 3.8) is 0 Å². The molecule has 0 saturated carbocycles. The number of carbonyl (C=O) groups excluding carboxylic acids is 2. The first-order valence-electron chi connectivity index (χ1n) is 8.85. The van der Waals surface area contributed by atoms with Crippen molar-refractivity contribution in [3.8, 4) is 0 Å². The molecule has 1 N–H and O–H groups in total. The standard InChI is InChI=1S/C18H20N6O2S/c1-12-22-24-11-15(21-18(24)27-12)8-20-17(26)13-5-6-16(25)23(9-13)10-14-4-2-3-7-19-14/h2-4,7,11,13H,5-6,8-10H2,1H3,(H,20,26). The van der Waals surface area contributed by atoms with Crippen molar-refractivity contribution in [2.24, 2.45) is 5.92 Å². The van der Waals surface area contributed by atoms with Crippen LogP contribution in [0.3, 0.4) is 0 Å². The highest BCUT2D eigenvalue weighted by Gasteiger charge is 2.30. The Morgan fingerprint density at radius 3 is 3.04 bits per heavy atom. The molecule has 0 radical (unpaired) electrons. The van der Waals surface area contributed by atoms with Crippen molar-refractivity contribution in [3.05, 3.63) is 47.0 Å². The minimum Gasteiger partial charge on any atom is -0.350 e. The topological polar surface area (TPSA) is 92.5 Å². The molecule has 27 heavy (non-hydrogen) atoms. The van der Waals surface area contributed by atoms with Crippen molar-refractivity contribution in [1.29, 1.82) is 0 Å². The highest BCUT2D eigenvalue weighted by atomic mass is 32.1. The van der Waals surface area contributed by atoms with Crippen LogP contribution in [0.25, 0.3) is 4.96 Å². The molecule has 1 fully saturated rings. The summed E-state index contributed by atoms with van der Waals surface area (Å²) >= 11 is 1.51. The van der Waals surface area contributed by atoms with Gasteiger partial charge in [0, 0.05) is 19.2 Å². The number of likely N-dealkylation sites (tertiary alicyclic amines) is 1. The molecule has 9 heteroatoms. The van der Waals surface area contributed by atoms with Crippen LogP contribution in [0.5, 0.6) is 0 Å². The van der Waals surface area contributed by atoms with Crippen molar-refractivity contribution >= 4 is 28.1 Å². The zero-order valence-corrected chi connectivity index (χ0v) is 15.8. The third-order valence-corrected chi connectivity index (χ3v) is 5.43. The van der Waals surface area contributed by atoms with E-state index in [1.54, 1.807) is 15.6 Å². The molecular formula is C18H20N6O2S. The van der Waals surface area contributed by atoms with E-state index in [2.05, 4.69) is 20.4 Å². The summed E-state index contributed by atoms with van der Waals surface area (Å²) in [6, 6.07) is 5.62. The molecule has 1 unspecified atom stereocenters. The van der Waals surface area contributed by atoms with E-state index in [4.69, 9.17) is 0 Å². The number of hydrogen-bond acceptors (Lipinski definition) is 6. The number of fused-ring (bicyclic) bond motifs is 1. The monoisotopic (exact) mass is 384 g/mol. The van der Waals surface area contributed by atoms with Gasteiger partial charge in [0.2, 0.25) is 16.8 Å². The van der Waals surface area contributed by atoms with E-state index in [-0.39, 0.29) is 17.7 Å². The van der Waals surface area contributed by atoms with Gasteiger partial charge < -0.3 is 10.2 Å². The zero-order chi connectivity index (χ0) is 18.8. The van der Waals surface area contributed by atoms with Crippen LogP contribution in [0.2, 0.25) is 0 Å². The number of rotatable bonds is 5. The maximum absolute atomic E-state index is 12.6. The van der Waals surface area contributed by atoms with Gasteiger partial charge >= 0.3 is 0 Å². The molecule has 1 aliphatic rings. The number of amides is 2. The Morgan fingerprint density at radius 2 is 2.26 bits per heavy atom. The summed E-state index contributed by atoms with van der Waals surface area (Å²) in [6.07, 6.45) is 4.49. The van der Waals surface area contributed by atoms with Gasteiger partial charge in [0.1, 0.15) is 5.01 Å². The molecule has 4 heterocycles. The van der Waals surface area contributed by atoms with Gasteiger partial charge in [-0.2, -0.15) is 5.10 Å². The first-order chi connectivity index (χ1) is 13.1. The van der Waals surface area contributed by atoms with Gasteiger partial charge in [0.05, 0.1) is 36.6 Å². The molecule has 1 aliphatic heterocycles. The maximum Gasteiger partial charge on any atom is 0.225 e. The van der Waals surface area contributed by atoms with E-state index < -0.39 is 0 Å². The van der Waals surface area contributed by atoms with Crippen LogP contribution in [0.1, 0.15) is 29.2 Å². The Bertz CT molecular complexity index is 935. The minimum absolute atomic E-state index is 0.0472. The quantitative estimate of drug-likeness (QED) is 0.720. The number of aryl methyl sites for hydroxylation is 1. The van der Waals surface area contributed by atoms with Crippen molar-refractivity contribution in [2.45, 2.75) is 32.9 Å². The van der Waals surface area contributed by atoms with Crippen molar-refractivity contribution in [1.82, 2.24) is 29.8 Å². The van der Waals surface area contributed by atoms with E-state index in [0.29, 0.717) is 32.5 Å². The molecule has 3 aromatic rings.